The molecule has 1 atom stereocenters. The summed E-state index contributed by atoms with van der Waals surface area (Å²) in [7, 11) is 1.36. The number of carboxylic acid groups (broad SMARTS) is 1. The van der Waals surface area contributed by atoms with Crippen LogP contribution in [-0.4, -0.2) is 41.7 Å². The number of benzene rings is 1. The zero-order valence-corrected chi connectivity index (χ0v) is 10.9. The predicted molar refractivity (Wildman–Crippen MR) is 69.3 cm³/mol. The molecule has 108 valence electrons. The number of rotatable bonds is 3. The topological polar surface area (TPSA) is 78.9 Å². The van der Waals surface area contributed by atoms with Crippen molar-refractivity contribution in [1.82, 2.24) is 4.90 Å². The Bertz CT molecular complexity index is 535. The van der Waals surface area contributed by atoms with E-state index < -0.39 is 23.9 Å². The van der Waals surface area contributed by atoms with Gasteiger partial charge in [-0.2, -0.15) is 0 Å². The van der Waals surface area contributed by atoms with E-state index in [9.17, 15) is 14.0 Å². The van der Waals surface area contributed by atoms with E-state index in [1.165, 1.54) is 24.1 Å². The number of halogens is 1. The summed E-state index contributed by atoms with van der Waals surface area (Å²) in [5.41, 5.74) is 0.301. The number of amides is 2. The summed E-state index contributed by atoms with van der Waals surface area (Å²) in [6, 6.07) is 2.37. The molecule has 0 radical (unpaired) electrons. The number of aliphatic carboxylic acids is 1. The van der Waals surface area contributed by atoms with E-state index in [4.69, 9.17) is 9.84 Å². The maximum atomic E-state index is 13.1. The van der Waals surface area contributed by atoms with Gasteiger partial charge in [-0.05, 0) is 25.0 Å². The highest BCUT2D eigenvalue weighted by molar-refractivity contribution is 5.93. The van der Waals surface area contributed by atoms with E-state index in [1.54, 1.807) is 0 Å². The Morgan fingerprint density at radius 2 is 2.25 bits per heavy atom. The highest BCUT2D eigenvalue weighted by Gasteiger charge is 2.34. The molecule has 1 aromatic carbocycles. The van der Waals surface area contributed by atoms with E-state index in [0.29, 0.717) is 25.1 Å². The normalized spacial score (nSPS) is 17.9. The number of hydrogen-bond acceptors (Lipinski definition) is 3. The highest BCUT2D eigenvalue weighted by atomic mass is 19.1. The largest absolute Gasteiger partial charge is 0.494 e. The Hall–Kier alpha value is -2.31. The SMILES string of the molecule is COc1cc(F)ccc1NC(=O)N1CCC[C@H]1C(=O)O. The summed E-state index contributed by atoms with van der Waals surface area (Å²) < 4.78 is 18.0. The third-order valence-electron chi connectivity index (χ3n) is 3.20. The number of carbonyl (C=O) groups excluding carboxylic acids is 1. The van der Waals surface area contributed by atoms with E-state index in [-0.39, 0.29) is 5.75 Å². The average molecular weight is 282 g/mol. The maximum absolute atomic E-state index is 13.1. The molecule has 0 aliphatic carbocycles. The van der Waals surface area contributed by atoms with Gasteiger partial charge in [0.15, 0.2) is 0 Å². The number of anilines is 1. The number of carboxylic acids is 1. The lowest BCUT2D eigenvalue weighted by Gasteiger charge is -2.22. The molecule has 1 aliphatic rings. The van der Waals surface area contributed by atoms with Crippen molar-refractivity contribution in [3.05, 3.63) is 24.0 Å². The van der Waals surface area contributed by atoms with Gasteiger partial charge in [0.2, 0.25) is 0 Å². The van der Waals surface area contributed by atoms with Gasteiger partial charge in [-0.3, -0.25) is 0 Å². The number of carbonyl (C=O) groups is 2. The number of hydrogen-bond donors (Lipinski definition) is 2. The minimum atomic E-state index is -1.02. The molecule has 0 bridgehead atoms. The third-order valence-corrected chi connectivity index (χ3v) is 3.20. The molecule has 2 rings (SSSR count). The fourth-order valence-electron chi connectivity index (χ4n) is 2.22. The second kappa shape index (κ2) is 5.77. The number of urea groups is 1. The van der Waals surface area contributed by atoms with Gasteiger partial charge >= 0.3 is 12.0 Å². The number of ether oxygens (including phenoxy) is 1. The molecule has 1 fully saturated rings. The lowest BCUT2D eigenvalue weighted by molar-refractivity contribution is -0.141. The van der Waals surface area contributed by atoms with Crippen LogP contribution >= 0.6 is 0 Å². The van der Waals surface area contributed by atoms with Crippen LogP contribution in [0.2, 0.25) is 0 Å². The van der Waals surface area contributed by atoms with Crippen LogP contribution < -0.4 is 10.1 Å². The van der Waals surface area contributed by atoms with Gasteiger partial charge in [0.25, 0.3) is 0 Å². The lowest BCUT2D eigenvalue weighted by atomic mass is 10.2. The van der Waals surface area contributed by atoms with E-state index in [0.717, 1.165) is 6.07 Å². The highest BCUT2D eigenvalue weighted by Crippen LogP contribution is 2.26. The Morgan fingerprint density at radius 1 is 1.50 bits per heavy atom. The van der Waals surface area contributed by atoms with Crippen LogP contribution in [0.15, 0.2) is 18.2 Å². The molecule has 0 aromatic heterocycles. The fraction of sp³-hybridized carbons (Fsp3) is 0.385. The summed E-state index contributed by atoms with van der Waals surface area (Å²) in [5, 5.41) is 11.6. The molecule has 20 heavy (non-hydrogen) atoms. The zero-order valence-electron chi connectivity index (χ0n) is 10.9. The first-order valence-electron chi connectivity index (χ1n) is 6.17. The third kappa shape index (κ3) is 2.81. The number of likely N-dealkylation sites (tertiary alicyclic amines) is 1. The Kier molecular flexibility index (Phi) is 4.07. The van der Waals surface area contributed by atoms with Gasteiger partial charge in [-0.15, -0.1) is 0 Å². The van der Waals surface area contributed by atoms with Crippen molar-refractivity contribution in [1.29, 1.82) is 0 Å². The molecule has 1 aliphatic heterocycles. The van der Waals surface area contributed by atoms with Crippen LogP contribution in [0.1, 0.15) is 12.8 Å². The molecule has 0 saturated carbocycles. The molecule has 0 spiro atoms. The number of nitrogens with one attached hydrogen (secondary N) is 1. The van der Waals surface area contributed by atoms with Gasteiger partial charge < -0.3 is 20.1 Å². The lowest BCUT2D eigenvalue weighted by Crippen LogP contribution is -2.42. The van der Waals surface area contributed by atoms with Crippen molar-refractivity contribution in [2.45, 2.75) is 18.9 Å². The molecule has 0 unspecified atom stereocenters. The van der Waals surface area contributed by atoms with Crippen molar-refractivity contribution in [2.75, 3.05) is 19.0 Å². The van der Waals surface area contributed by atoms with Crippen molar-refractivity contribution in [3.8, 4) is 5.75 Å². The molecule has 1 saturated heterocycles. The predicted octanol–water partition coefficient (Wildman–Crippen LogP) is 1.92. The molecular formula is C13H15FN2O4. The molecule has 2 amide bonds. The van der Waals surface area contributed by atoms with Crippen LogP contribution in [0, 0.1) is 5.82 Å². The first kappa shape index (κ1) is 14.1. The van der Waals surface area contributed by atoms with E-state index in [1.807, 2.05) is 0 Å². The maximum Gasteiger partial charge on any atom is 0.326 e. The van der Waals surface area contributed by atoms with Gasteiger partial charge in [0.05, 0.1) is 12.8 Å². The van der Waals surface area contributed by atoms with E-state index in [2.05, 4.69) is 5.32 Å². The average Bonchev–Trinajstić information content (AvgIpc) is 2.90. The Morgan fingerprint density at radius 3 is 2.90 bits per heavy atom. The van der Waals surface area contributed by atoms with Crippen molar-refractivity contribution in [3.63, 3.8) is 0 Å². The summed E-state index contributed by atoms with van der Waals surface area (Å²) in [6.45, 7) is 0.381. The minimum absolute atomic E-state index is 0.185. The van der Waals surface area contributed by atoms with Crippen LogP contribution in [0.3, 0.4) is 0 Å². The van der Waals surface area contributed by atoms with Crippen LogP contribution in [0.25, 0.3) is 0 Å². The fourth-order valence-corrected chi connectivity index (χ4v) is 2.22. The Labute approximate surface area is 115 Å². The van der Waals surface area contributed by atoms with Crippen molar-refractivity contribution >= 4 is 17.7 Å². The second-order valence-electron chi connectivity index (χ2n) is 4.46. The molecular weight excluding hydrogens is 267 g/mol. The summed E-state index contributed by atoms with van der Waals surface area (Å²) in [5.74, 6) is -1.32. The molecule has 7 heteroatoms. The summed E-state index contributed by atoms with van der Waals surface area (Å²) in [4.78, 5) is 24.4. The smallest absolute Gasteiger partial charge is 0.326 e. The van der Waals surface area contributed by atoms with Crippen LogP contribution in [-0.2, 0) is 4.79 Å². The van der Waals surface area contributed by atoms with Crippen molar-refractivity contribution in [2.24, 2.45) is 0 Å². The van der Waals surface area contributed by atoms with Gasteiger partial charge in [0, 0.05) is 12.6 Å². The summed E-state index contributed by atoms with van der Waals surface area (Å²) >= 11 is 0. The first-order valence-corrected chi connectivity index (χ1v) is 6.17. The van der Waals surface area contributed by atoms with E-state index >= 15 is 0 Å². The molecule has 1 heterocycles. The Balaban J connectivity index is 2.13. The zero-order chi connectivity index (χ0) is 14.7. The second-order valence-corrected chi connectivity index (χ2v) is 4.46. The quantitative estimate of drug-likeness (QED) is 0.887. The van der Waals surface area contributed by atoms with Crippen LogP contribution in [0.5, 0.6) is 5.75 Å². The van der Waals surface area contributed by atoms with Gasteiger partial charge in [-0.1, -0.05) is 0 Å². The number of methoxy groups -OCH3 is 1. The standard InChI is InChI=1S/C13H15FN2O4/c1-20-11-7-8(14)4-5-9(11)15-13(19)16-6-2-3-10(16)12(17)18/h4-5,7,10H,2-3,6H2,1H3,(H,15,19)(H,17,18)/t10-/m0/s1. The molecule has 2 N–H and O–H groups in total. The molecule has 1 aromatic rings. The van der Waals surface area contributed by atoms with Crippen LogP contribution in [0.4, 0.5) is 14.9 Å². The van der Waals surface area contributed by atoms with Gasteiger partial charge in [-0.25, -0.2) is 14.0 Å². The minimum Gasteiger partial charge on any atom is -0.494 e. The first-order chi connectivity index (χ1) is 9.52. The molecule has 6 nitrogen and oxygen atoms in total. The number of nitrogens with zero attached hydrogens (tertiary/aromatic N) is 1. The van der Waals surface area contributed by atoms with Gasteiger partial charge in [0.1, 0.15) is 17.6 Å². The monoisotopic (exact) mass is 282 g/mol. The summed E-state index contributed by atoms with van der Waals surface area (Å²) in [6.07, 6.45) is 1.08. The van der Waals surface area contributed by atoms with Crippen molar-refractivity contribution < 1.29 is 23.8 Å².